The monoisotopic (exact) mass is 309 g/mol. The van der Waals surface area contributed by atoms with Gasteiger partial charge in [0.15, 0.2) is 17.2 Å². The van der Waals surface area contributed by atoms with E-state index in [9.17, 15) is 20.1 Å². The maximum atomic E-state index is 12.4. The Bertz CT molecular complexity index is 465. The molecule has 0 unspecified atom stereocenters. The number of unbranched alkanes of at least 4 members (excludes halogenated alkanes) is 5. The van der Waals surface area contributed by atoms with Crippen molar-refractivity contribution in [3.8, 4) is 17.2 Å². The standard InChI is InChI=1S/C17H27NO4/c1-3-5-6-7-8-9-10-18(4-2)17(22)13-11-14(19)16(21)15(20)12-13/h11-12,19-21H,3-10H2,1-2H3. The zero-order chi connectivity index (χ0) is 16.5. The molecule has 1 aromatic carbocycles. The largest absolute Gasteiger partial charge is 0.504 e. The Morgan fingerprint density at radius 3 is 2.05 bits per heavy atom. The molecule has 0 aromatic heterocycles. The highest BCUT2D eigenvalue weighted by Crippen LogP contribution is 2.35. The molecule has 0 saturated carbocycles. The predicted molar refractivity (Wildman–Crippen MR) is 86.4 cm³/mol. The molecule has 0 bridgehead atoms. The Morgan fingerprint density at radius 2 is 1.50 bits per heavy atom. The molecule has 0 aliphatic carbocycles. The van der Waals surface area contributed by atoms with Crippen LogP contribution < -0.4 is 0 Å². The molecule has 1 amide bonds. The summed E-state index contributed by atoms with van der Waals surface area (Å²) in [4.78, 5) is 14.1. The van der Waals surface area contributed by atoms with Crippen molar-refractivity contribution >= 4 is 5.91 Å². The van der Waals surface area contributed by atoms with Crippen molar-refractivity contribution in [1.82, 2.24) is 4.90 Å². The zero-order valence-electron chi connectivity index (χ0n) is 13.5. The number of rotatable bonds is 9. The molecule has 0 heterocycles. The maximum absolute atomic E-state index is 12.4. The Kier molecular flexibility index (Phi) is 7.57. The minimum absolute atomic E-state index is 0.181. The average Bonchev–Trinajstić information content (AvgIpc) is 2.51. The normalized spacial score (nSPS) is 10.6. The lowest BCUT2D eigenvalue weighted by Crippen LogP contribution is -2.31. The van der Waals surface area contributed by atoms with Crippen LogP contribution in [0.25, 0.3) is 0 Å². The van der Waals surface area contributed by atoms with Gasteiger partial charge >= 0.3 is 0 Å². The summed E-state index contributed by atoms with van der Waals surface area (Å²) in [6.07, 6.45) is 6.92. The summed E-state index contributed by atoms with van der Waals surface area (Å²) in [6, 6.07) is 2.36. The molecule has 5 nitrogen and oxygen atoms in total. The molecule has 0 fully saturated rings. The highest BCUT2D eigenvalue weighted by molar-refractivity contribution is 5.95. The molecule has 0 atom stereocenters. The van der Waals surface area contributed by atoms with E-state index >= 15 is 0 Å². The Hall–Kier alpha value is -1.91. The quantitative estimate of drug-likeness (QED) is 0.480. The van der Waals surface area contributed by atoms with Crippen molar-refractivity contribution < 1.29 is 20.1 Å². The van der Waals surface area contributed by atoms with Crippen LogP contribution in [0.4, 0.5) is 0 Å². The SMILES string of the molecule is CCCCCCCCN(CC)C(=O)c1cc(O)c(O)c(O)c1. The number of carbonyl (C=O) groups excluding carboxylic acids is 1. The number of benzene rings is 1. The molecule has 22 heavy (non-hydrogen) atoms. The van der Waals surface area contributed by atoms with E-state index in [0.717, 1.165) is 12.8 Å². The molecule has 1 rings (SSSR count). The number of carbonyl (C=O) groups is 1. The van der Waals surface area contributed by atoms with E-state index < -0.39 is 17.2 Å². The maximum Gasteiger partial charge on any atom is 0.254 e. The summed E-state index contributed by atoms with van der Waals surface area (Å²) in [5, 5.41) is 28.3. The lowest BCUT2D eigenvalue weighted by atomic mass is 10.1. The van der Waals surface area contributed by atoms with E-state index in [0.29, 0.717) is 13.1 Å². The summed E-state index contributed by atoms with van der Waals surface area (Å²) in [5.41, 5.74) is 0.181. The van der Waals surface area contributed by atoms with Crippen molar-refractivity contribution in [2.45, 2.75) is 52.4 Å². The minimum Gasteiger partial charge on any atom is -0.504 e. The van der Waals surface area contributed by atoms with Crippen molar-refractivity contribution in [2.75, 3.05) is 13.1 Å². The molecule has 1 aromatic rings. The predicted octanol–water partition coefficient (Wildman–Crippen LogP) is 3.63. The topological polar surface area (TPSA) is 81.0 Å². The smallest absolute Gasteiger partial charge is 0.254 e. The third-order valence-corrected chi connectivity index (χ3v) is 3.77. The molecular formula is C17H27NO4. The second-order valence-electron chi connectivity index (χ2n) is 5.52. The van der Waals surface area contributed by atoms with E-state index in [1.54, 1.807) is 4.90 Å². The highest BCUT2D eigenvalue weighted by atomic mass is 16.3. The van der Waals surface area contributed by atoms with Crippen LogP contribution >= 0.6 is 0 Å². The summed E-state index contributed by atoms with van der Waals surface area (Å²) in [7, 11) is 0. The van der Waals surface area contributed by atoms with Crippen LogP contribution in [0.15, 0.2) is 12.1 Å². The van der Waals surface area contributed by atoms with Crippen molar-refractivity contribution in [3.05, 3.63) is 17.7 Å². The fraction of sp³-hybridized carbons (Fsp3) is 0.588. The van der Waals surface area contributed by atoms with Crippen LogP contribution in [0, 0.1) is 0 Å². The van der Waals surface area contributed by atoms with Gasteiger partial charge in [0, 0.05) is 18.7 Å². The number of hydrogen-bond donors (Lipinski definition) is 3. The number of nitrogens with zero attached hydrogens (tertiary/aromatic N) is 1. The lowest BCUT2D eigenvalue weighted by molar-refractivity contribution is 0.0760. The van der Waals surface area contributed by atoms with Crippen molar-refractivity contribution in [3.63, 3.8) is 0 Å². The first-order valence-corrected chi connectivity index (χ1v) is 8.05. The second-order valence-corrected chi connectivity index (χ2v) is 5.52. The van der Waals surface area contributed by atoms with Crippen LogP contribution in [0.5, 0.6) is 17.2 Å². The Labute approximate surface area is 132 Å². The number of phenolic OH excluding ortho intramolecular Hbond substituents is 3. The van der Waals surface area contributed by atoms with Gasteiger partial charge in [-0.15, -0.1) is 0 Å². The molecule has 0 radical (unpaired) electrons. The summed E-state index contributed by atoms with van der Waals surface area (Å²) in [6.45, 7) is 5.30. The molecule has 0 spiro atoms. The third kappa shape index (κ3) is 5.13. The molecule has 3 N–H and O–H groups in total. The van der Waals surface area contributed by atoms with Gasteiger partial charge in [-0.3, -0.25) is 4.79 Å². The van der Waals surface area contributed by atoms with Gasteiger partial charge in [0.1, 0.15) is 0 Å². The molecule has 0 aliphatic heterocycles. The van der Waals surface area contributed by atoms with Crippen molar-refractivity contribution in [2.24, 2.45) is 0 Å². The van der Waals surface area contributed by atoms with Crippen LogP contribution in [0.3, 0.4) is 0 Å². The second kappa shape index (κ2) is 9.18. The van der Waals surface area contributed by atoms with Crippen LogP contribution in [-0.4, -0.2) is 39.2 Å². The molecule has 124 valence electrons. The average molecular weight is 309 g/mol. The van der Waals surface area contributed by atoms with E-state index in [-0.39, 0.29) is 11.5 Å². The first-order valence-electron chi connectivity index (χ1n) is 8.05. The first kappa shape index (κ1) is 18.1. The van der Waals surface area contributed by atoms with Gasteiger partial charge in [-0.1, -0.05) is 39.0 Å². The first-order chi connectivity index (χ1) is 10.5. The van der Waals surface area contributed by atoms with Crippen LogP contribution in [0.2, 0.25) is 0 Å². The Balaban J connectivity index is 2.57. The number of hydrogen-bond acceptors (Lipinski definition) is 4. The van der Waals surface area contributed by atoms with E-state index in [4.69, 9.17) is 0 Å². The lowest BCUT2D eigenvalue weighted by Gasteiger charge is -2.21. The van der Waals surface area contributed by atoms with Crippen LogP contribution in [0.1, 0.15) is 62.7 Å². The van der Waals surface area contributed by atoms with E-state index in [1.165, 1.54) is 37.8 Å². The summed E-state index contributed by atoms with van der Waals surface area (Å²) < 4.78 is 0. The summed E-state index contributed by atoms with van der Waals surface area (Å²) in [5.74, 6) is -1.82. The van der Waals surface area contributed by atoms with Gasteiger partial charge in [-0.2, -0.15) is 0 Å². The minimum atomic E-state index is -0.601. The van der Waals surface area contributed by atoms with Gasteiger partial charge < -0.3 is 20.2 Å². The third-order valence-electron chi connectivity index (χ3n) is 3.77. The number of aromatic hydroxyl groups is 3. The Morgan fingerprint density at radius 1 is 0.955 bits per heavy atom. The van der Waals surface area contributed by atoms with Crippen molar-refractivity contribution in [1.29, 1.82) is 0 Å². The van der Waals surface area contributed by atoms with E-state index in [2.05, 4.69) is 6.92 Å². The molecule has 5 heteroatoms. The fourth-order valence-corrected chi connectivity index (χ4v) is 2.40. The number of phenols is 3. The van der Waals surface area contributed by atoms with Gasteiger partial charge in [-0.05, 0) is 25.5 Å². The fourth-order valence-electron chi connectivity index (χ4n) is 2.40. The van der Waals surface area contributed by atoms with Gasteiger partial charge in [-0.25, -0.2) is 0 Å². The number of amides is 1. The highest BCUT2D eigenvalue weighted by Gasteiger charge is 2.18. The molecule has 0 aliphatic rings. The summed E-state index contributed by atoms with van der Waals surface area (Å²) >= 11 is 0. The zero-order valence-corrected chi connectivity index (χ0v) is 13.5. The van der Waals surface area contributed by atoms with Gasteiger partial charge in [0.05, 0.1) is 0 Å². The van der Waals surface area contributed by atoms with Gasteiger partial charge in [0.2, 0.25) is 0 Å². The van der Waals surface area contributed by atoms with Crippen LogP contribution in [-0.2, 0) is 0 Å². The van der Waals surface area contributed by atoms with Gasteiger partial charge in [0.25, 0.3) is 5.91 Å². The molecule has 0 saturated heterocycles. The van der Waals surface area contributed by atoms with E-state index in [1.807, 2.05) is 6.92 Å². The molecular weight excluding hydrogens is 282 g/mol.